The number of allylic oxidation sites excluding steroid dienone is 1. The van der Waals surface area contributed by atoms with E-state index < -0.39 is 0 Å². The van der Waals surface area contributed by atoms with E-state index in [4.69, 9.17) is 4.74 Å². The zero-order valence-corrected chi connectivity index (χ0v) is 12.5. The molecule has 1 saturated heterocycles. The van der Waals surface area contributed by atoms with Gasteiger partial charge in [-0.2, -0.15) is 0 Å². The number of hydrogen-bond donors (Lipinski definition) is 1. The van der Waals surface area contributed by atoms with Crippen LogP contribution in [0.2, 0.25) is 0 Å². The van der Waals surface area contributed by atoms with Gasteiger partial charge in [0.25, 0.3) is 0 Å². The first-order valence-electron chi connectivity index (χ1n) is 7.80. The summed E-state index contributed by atoms with van der Waals surface area (Å²) in [6, 6.07) is 0. The molecule has 2 heterocycles. The molecule has 1 aromatic heterocycles. The minimum absolute atomic E-state index is 0.0181. The van der Waals surface area contributed by atoms with Crippen LogP contribution in [0.5, 0.6) is 0 Å². The molecule has 1 saturated carbocycles. The minimum atomic E-state index is -0.0181. The summed E-state index contributed by atoms with van der Waals surface area (Å²) in [4.78, 5) is 16.3. The molecule has 1 amide bonds. The Bertz CT molecular complexity index is 529. The Morgan fingerprint density at radius 2 is 2.38 bits per heavy atom. The van der Waals surface area contributed by atoms with Crippen LogP contribution in [-0.2, 0) is 16.6 Å². The van der Waals surface area contributed by atoms with Gasteiger partial charge in [0.2, 0.25) is 5.91 Å². The Hall–Kier alpha value is -1.62. The van der Waals surface area contributed by atoms with E-state index in [-0.39, 0.29) is 12.0 Å². The number of amides is 1. The van der Waals surface area contributed by atoms with Crippen LogP contribution in [-0.4, -0.2) is 28.6 Å². The van der Waals surface area contributed by atoms with Crippen LogP contribution in [0.1, 0.15) is 44.0 Å². The topological polar surface area (TPSA) is 56.1 Å². The molecule has 0 bridgehead atoms. The van der Waals surface area contributed by atoms with Crippen LogP contribution in [0.3, 0.4) is 0 Å². The monoisotopic (exact) mass is 289 g/mol. The number of nitrogens with zero attached hydrogens (tertiary/aromatic N) is 2. The number of carbonyl (C=O) groups excluding carboxylic acids is 1. The highest BCUT2D eigenvalue weighted by atomic mass is 16.5. The van der Waals surface area contributed by atoms with Gasteiger partial charge in [0.1, 0.15) is 11.9 Å². The van der Waals surface area contributed by atoms with E-state index in [1.165, 1.54) is 12.0 Å². The van der Waals surface area contributed by atoms with E-state index in [0.717, 1.165) is 38.1 Å². The number of carbonyl (C=O) groups is 1. The predicted molar refractivity (Wildman–Crippen MR) is 79.6 cm³/mol. The average molecular weight is 289 g/mol. The number of aromatic nitrogens is 2. The third-order valence-electron chi connectivity index (χ3n) is 4.43. The lowest BCUT2D eigenvalue weighted by Crippen LogP contribution is -2.35. The maximum absolute atomic E-state index is 11.9. The second-order valence-electron chi connectivity index (χ2n) is 5.99. The van der Waals surface area contributed by atoms with Crippen LogP contribution in [0.4, 0.5) is 0 Å². The number of rotatable bonds is 4. The van der Waals surface area contributed by atoms with Crippen LogP contribution < -0.4 is 5.32 Å². The molecule has 5 nitrogen and oxygen atoms in total. The fourth-order valence-corrected chi connectivity index (χ4v) is 2.98. The summed E-state index contributed by atoms with van der Waals surface area (Å²) in [5.74, 6) is 1.28. The molecule has 0 unspecified atom stereocenters. The lowest BCUT2D eigenvalue weighted by atomic mass is 9.91. The number of hydrogen-bond acceptors (Lipinski definition) is 3. The zero-order chi connectivity index (χ0) is 14.7. The van der Waals surface area contributed by atoms with Crippen molar-refractivity contribution in [2.45, 2.75) is 38.2 Å². The summed E-state index contributed by atoms with van der Waals surface area (Å²) >= 11 is 0. The molecule has 0 radical (unpaired) electrons. The Morgan fingerprint density at radius 3 is 3.05 bits per heavy atom. The zero-order valence-electron chi connectivity index (χ0n) is 12.5. The van der Waals surface area contributed by atoms with Crippen molar-refractivity contribution in [3.8, 4) is 0 Å². The minimum Gasteiger partial charge on any atom is -0.370 e. The number of imidazole rings is 1. The van der Waals surface area contributed by atoms with Crippen molar-refractivity contribution in [1.29, 1.82) is 0 Å². The Labute approximate surface area is 125 Å². The summed E-state index contributed by atoms with van der Waals surface area (Å²) in [6.45, 7) is 1.42. The molecule has 2 aliphatic rings. The Morgan fingerprint density at radius 1 is 1.52 bits per heavy atom. The molecule has 2 atom stereocenters. The second kappa shape index (κ2) is 6.43. The van der Waals surface area contributed by atoms with Crippen molar-refractivity contribution >= 4 is 5.91 Å². The summed E-state index contributed by atoms with van der Waals surface area (Å²) in [5, 5.41) is 3.03. The quantitative estimate of drug-likeness (QED) is 0.864. The molecule has 2 fully saturated rings. The van der Waals surface area contributed by atoms with Crippen LogP contribution >= 0.6 is 0 Å². The number of aryl methyl sites for hydroxylation is 1. The molecule has 21 heavy (non-hydrogen) atoms. The molecular weight excluding hydrogens is 266 g/mol. The SMILES string of the molecule is Cn1ccnc1[C@@H]1OCCC[C@H]1CNC(=O)C=C1CCC1. The number of ether oxygens (including phenoxy) is 1. The second-order valence-corrected chi connectivity index (χ2v) is 5.99. The average Bonchev–Trinajstić information content (AvgIpc) is 2.87. The van der Waals surface area contributed by atoms with Gasteiger partial charge in [0.05, 0.1) is 0 Å². The predicted octanol–water partition coefficient (Wildman–Crippen LogP) is 2.11. The van der Waals surface area contributed by atoms with Crippen molar-refractivity contribution in [2.24, 2.45) is 13.0 Å². The first-order valence-corrected chi connectivity index (χ1v) is 7.80. The number of nitrogens with one attached hydrogen (secondary N) is 1. The van der Waals surface area contributed by atoms with Gasteiger partial charge in [-0.3, -0.25) is 4.79 Å². The van der Waals surface area contributed by atoms with Gasteiger partial charge in [0, 0.05) is 44.6 Å². The molecule has 1 aliphatic heterocycles. The van der Waals surface area contributed by atoms with Gasteiger partial charge >= 0.3 is 0 Å². The smallest absolute Gasteiger partial charge is 0.243 e. The summed E-state index contributed by atoms with van der Waals surface area (Å²) in [6.07, 6.45) is 11.0. The summed E-state index contributed by atoms with van der Waals surface area (Å²) in [5.41, 5.74) is 1.27. The maximum atomic E-state index is 11.9. The molecule has 0 aromatic carbocycles. The standard InChI is InChI=1S/C16H23N3O2/c1-19-8-7-17-16(19)15-13(6-3-9-21-15)11-18-14(20)10-12-4-2-5-12/h7-8,10,13,15H,2-6,9,11H2,1H3,(H,18,20)/t13-,15+/m0/s1. The fraction of sp³-hybridized carbons (Fsp3) is 0.625. The van der Waals surface area contributed by atoms with E-state index >= 15 is 0 Å². The van der Waals surface area contributed by atoms with Gasteiger partial charge in [-0.15, -0.1) is 0 Å². The molecule has 1 aromatic rings. The van der Waals surface area contributed by atoms with E-state index in [1.54, 1.807) is 12.3 Å². The highest BCUT2D eigenvalue weighted by molar-refractivity contribution is 5.88. The van der Waals surface area contributed by atoms with E-state index in [9.17, 15) is 4.79 Å². The third kappa shape index (κ3) is 3.35. The Balaban J connectivity index is 1.59. The van der Waals surface area contributed by atoms with Gasteiger partial charge < -0.3 is 14.6 Å². The van der Waals surface area contributed by atoms with Crippen LogP contribution in [0.25, 0.3) is 0 Å². The molecule has 3 rings (SSSR count). The molecule has 5 heteroatoms. The van der Waals surface area contributed by atoms with Crippen molar-refractivity contribution in [3.05, 3.63) is 29.9 Å². The van der Waals surface area contributed by atoms with E-state index in [2.05, 4.69) is 10.3 Å². The lowest BCUT2D eigenvalue weighted by Gasteiger charge is -2.31. The summed E-state index contributed by atoms with van der Waals surface area (Å²) in [7, 11) is 1.98. The molecule has 0 spiro atoms. The van der Waals surface area contributed by atoms with Crippen molar-refractivity contribution in [3.63, 3.8) is 0 Å². The molecule has 1 aliphatic carbocycles. The molecule has 1 N–H and O–H groups in total. The lowest BCUT2D eigenvalue weighted by molar-refractivity contribution is -0.117. The first-order chi connectivity index (χ1) is 10.2. The third-order valence-corrected chi connectivity index (χ3v) is 4.43. The van der Waals surface area contributed by atoms with Gasteiger partial charge in [0.15, 0.2) is 0 Å². The highest BCUT2D eigenvalue weighted by Gasteiger charge is 2.30. The highest BCUT2D eigenvalue weighted by Crippen LogP contribution is 2.32. The first kappa shape index (κ1) is 14.3. The van der Waals surface area contributed by atoms with Gasteiger partial charge in [-0.1, -0.05) is 5.57 Å². The molecular formula is C16H23N3O2. The Kier molecular flexibility index (Phi) is 4.39. The fourth-order valence-electron chi connectivity index (χ4n) is 2.98. The van der Waals surface area contributed by atoms with E-state index in [0.29, 0.717) is 12.5 Å². The van der Waals surface area contributed by atoms with E-state index in [1.807, 2.05) is 17.8 Å². The summed E-state index contributed by atoms with van der Waals surface area (Å²) < 4.78 is 7.91. The van der Waals surface area contributed by atoms with Crippen molar-refractivity contribution in [1.82, 2.24) is 14.9 Å². The van der Waals surface area contributed by atoms with Gasteiger partial charge in [-0.25, -0.2) is 4.98 Å². The van der Waals surface area contributed by atoms with Crippen LogP contribution in [0.15, 0.2) is 24.0 Å². The van der Waals surface area contributed by atoms with Crippen molar-refractivity contribution < 1.29 is 9.53 Å². The maximum Gasteiger partial charge on any atom is 0.243 e. The van der Waals surface area contributed by atoms with Crippen molar-refractivity contribution in [2.75, 3.05) is 13.2 Å². The van der Waals surface area contributed by atoms with Crippen LogP contribution in [0, 0.1) is 5.92 Å². The molecule has 114 valence electrons. The largest absolute Gasteiger partial charge is 0.370 e. The normalized spacial score (nSPS) is 25.3. The van der Waals surface area contributed by atoms with Gasteiger partial charge in [-0.05, 0) is 32.1 Å².